The molecule has 0 atom stereocenters. The fourth-order valence-electron chi connectivity index (χ4n) is 3.95. The SMILES string of the molecule is Cl.c1cc(N2CCCCC2)ccc1-c1noc(CCC2CCNCC2)n1. The molecule has 0 radical (unpaired) electrons. The van der Waals surface area contributed by atoms with Crippen molar-refractivity contribution in [1.29, 1.82) is 0 Å². The zero-order valence-corrected chi connectivity index (χ0v) is 16.1. The molecule has 26 heavy (non-hydrogen) atoms. The first-order valence-electron chi connectivity index (χ1n) is 9.77. The predicted octanol–water partition coefficient (Wildman–Crippen LogP) is 4.08. The van der Waals surface area contributed by atoms with Gasteiger partial charge in [0.15, 0.2) is 0 Å². The van der Waals surface area contributed by atoms with Gasteiger partial charge in [0.1, 0.15) is 0 Å². The third kappa shape index (κ3) is 4.77. The number of hydrogen-bond acceptors (Lipinski definition) is 5. The van der Waals surface area contributed by atoms with Crippen LogP contribution in [-0.2, 0) is 6.42 Å². The summed E-state index contributed by atoms with van der Waals surface area (Å²) in [5.74, 6) is 2.28. The van der Waals surface area contributed by atoms with Crippen molar-refractivity contribution in [2.75, 3.05) is 31.1 Å². The molecular weight excluding hydrogens is 348 g/mol. The highest BCUT2D eigenvalue weighted by Gasteiger charge is 2.16. The zero-order chi connectivity index (χ0) is 16.9. The Morgan fingerprint density at radius 3 is 2.50 bits per heavy atom. The second kappa shape index (κ2) is 9.38. The lowest BCUT2D eigenvalue weighted by Crippen LogP contribution is -2.29. The first-order chi connectivity index (χ1) is 12.4. The van der Waals surface area contributed by atoms with E-state index in [9.17, 15) is 0 Å². The molecule has 0 amide bonds. The number of aryl methyl sites for hydroxylation is 1. The summed E-state index contributed by atoms with van der Waals surface area (Å²) in [5, 5.41) is 7.59. The normalized spacial score (nSPS) is 18.5. The highest BCUT2D eigenvalue weighted by atomic mass is 35.5. The van der Waals surface area contributed by atoms with E-state index in [4.69, 9.17) is 4.52 Å². The van der Waals surface area contributed by atoms with Crippen LogP contribution in [-0.4, -0.2) is 36.3 Å². The van der Waals surface area contributed by atoms with Gasteiger partial charge in [-0.15, -0.1) is 12.4 Å². The Morgan fingerprint density at radius 2 is 1.77 bits per heavy atom. The van der Waals surface area contributed by atoms with Crippen molar-refractivity contribution >= 4 is 18.1 Å². The number of benzene rings is 1. The molecule has 2 aliphatic heterocycles. The van der Waals surface area contributed by atoms with Crippen molar-refractivity contribution in [2.24, 2.45) is 5.92 Å². The van der Waals surface area contributed by atoms with Gasteiger partial charge in [0, 0.05) is 30.8 Å². The molecule has 2 saturated heterocycles. The van der Waals surface area contributed by atoms with Gasteiger partial charge in [-0.2, -0.15) is 4.98 Å². The van der Waals surface area contributed by atoms with Crippen LogP contribution in [0.25, 0.3) is 11.4 Å². The molecule has 4 rings (SSSR count). The van der Waals surface area contributed by atoms with Crippen molar-refractivity contribution < 1.29 is 4.52 Å². The van der Waals surface area contributed by atoms with Crippen LogP contribution >= 0.6 is 12.4 Å². The summed E-state index contributed by atoms with van der Waals surface area (Å²) in [6.45, 7) is 4.62. The maximum atomic E-state index is 5.47. The van der Waals surface area contributed by atoms with Crippen molar-refractivity contribution in [2.45, 2.75) is 44.9 Å². The van der Waals surface area contributed by atoms with Crippen molar-refractivity contribution in [3.8, 4) is 11.4 Å². The number of nitrogens with zero attached hydrogens (tertiary/aromatic N) is 3. The maximum absolute atomic E-state index is 5.47. The number of hydrogen-bond donors (Lipinski definition) is 1. The molecular formula is C20H29ClN4O. The predicted molar refractivity (Wildman–Crippen MR) is 107 cm³/mol. The van der Waals surface area contributed by atoms with Crippen LogP contribution in [0.5, 0.6) is 0 Å². The quantitative estimate of drug-likeness (QED) is 0.852. The molecule has 6 heteroatoms. The monoisotopic (exact) mass is 376 g/mol. The average Bonchev–Trinajstić information content (AvgIpc) is 3.17. The summed E-state index contributed by atoms with van der Waals surface area (Å²) >= 11 is 0. The summed E-state index contributed by atoms with van der Waals surface area (Å²) in [4.78, 5) is 7.07. The lowest BCUT2D eigenvalue weighted by molar-refractivity contribution is 0.324. The highest BCUT2D eigenvalue weighted by Crippen LogP contribution is 2.24. The molecule has 2 aliphatic rings. The van der Waals surface area contributed by atoms with E-state index in [0.717, 1.165) is 43.3 Å². The molecule has 0 unspecified atom stereocenters. The van der Waals surface area contributed by atoms with Gasteiger partial charge in [0.25, 0.3) is 0 Å². The summed E-state index contributed by atoms with van der Waals surface area (Å²) in [6, 6.07) is 8.61. The minimum Gasteiger partial charge on any atom is -0.372 e. The molecule has 2 fully saturated rings. The molecule has 1 N–H and O–H groups in total. The third-order valence-electron chi connectivity index (χ3n) is 5.54. The molecule has 142 valence electrons. The van der Waals surface area contributed by atoms with E-state index < -0.39 is 0 Å². The summed E-state index contributed by atoms with van der Waals surface area (Å²) < 4.78 is 5.47. The molecule has 5 nitrogen and oxygen atoms in total. The van der Waals surface area contributed by atoms with Crippen LogP contribution in [0.15, 0.2) is 28.8 Å². The Hall–Kier alpha value is -1.59. The second-order valence-corrected chi connectivity index (χ2v) is 7.34. The van der Waals surface area contributed by atoms with Crippen molar-refractivity contribution in [3.63, 3.8) is 0 Å². The first-order valence-corrected chi connectivity index (χ1v) is 9.77. The Kier molecular flexibility index (Phi) is 6.92. The second-order valence-electron chi connectivity index (χ2n) is 7.34. The molecule has 0 saturated carbocycles. The van der Waals surface area contributed by atoms with Crippen LogP contribution in [0.4, 0.5) is 5.69 Å². The van der Waals surface area contributed by atoms with Gasteiger partial charge in [0.2, 0.25) is 11.7 Å². The van der Waals surface area contributed by atoms with Gasteiger partial charge in [-0.05, 0) is 81.8 Å². The molecule has 1 aromatic carbocycles. The molecule has 2 aromatic rings. The first kappa shape index (κ1) is 19.2. The van der Waals surface area contributed by atoms with Crippen LogP contribution < -0.4 is 10.2 Å². The molecule has 0 spiro atoms. The molecule has 0 aliphatic carbocycles. The van der Waals surface area contributed by atoms with Crippen molar-refractivity contribution in [3.05, 3.63) is 30.2 Å². The lowest BCUT2D eigenvalue weighted by atomic mass is 9.93. The summed E-state index contributed by atoms with van der Waals surface area (Å²) in [7, 11) is 0. The van der Waals surface area contributed by atoms with E-state index in [1.165, 1.54) is 50.9 Å². The fraction of sp³-hybridized carbons (Fsp3) is 0.600. The number of anilines is 1. The number of aromatic nitrogens is 2. The number of piperidine rings is 2. The topological polar surface area (TPSA) is 54.2 Å². The Balaban J connectivity index is 0.00000196. The number of nitrogens with one attached hydrogen (secondary N) is 1. The number of halogens is 1. The van der Waals surface area contributed by atoms with Gasteiger partial charge in [-0.3, -0.25) is 0 Å². The Bertz CT molecular complexity index is 661. The molecule has 0 bridgehead atoms. The fourth-order valence-corrected chi connectivity index (χ4v) is 3.95. The number of rotatable bonds is 5. The third-order valence-corrected chi connectivity index (χ3v) is 5.54. The Morgan fingerprint density at radius 1 is 1.04 bits per heavy atom. The van der Waals surface area contributed by atoms with Gasteiger partial charge in [0.05, 0.1) is 0 Å². The summed E-state index contributed by atoms with van der Waals surface area (Å²) in [5.41, 5.74) is 2.34. The van der Waals surface area contributed by atoms with E-state index >= 15 is 0 Å². The maximum Gasteiger partial charge on any atom is 0.226 e. The van der Waals surface area contributed by atoms with Gasteiger partial charge >= 0.3 is 0 Å². The van der Waals surface area contributed by atoms with E-state index in [2.05, 4.69) is 44.6 Å². The van der Waals surface area contributed by atoms with Gasteiger partial charge < -0.3 is 14.7 Å². The smallest absolute Gasteiger partial charge is 0.226 e. The minimum absolute atomic E-state index is 0. The minimum atomic E-state index is 0. The van der Waals surface area contributed by atoms with E-state index in [1.807, 2.05) is 0 Å². The Labute approximate surface area is 162 Å². The average molecular weight is 377 g/mol. The van der Waals surface area contributed by atoms with E-state index in [0.29, 0.717) is 5.82 Å². The van der Waals surface area contributed by atoms with E-state index in [-0.39, 0.29) is 12.4 Å². The van der Waals surface area contributed by atoms with Crippen LogP contribution in [0, 0.1) is 5.92 Å². The van der Waals surface area contributed by atoms with Crippen LogP contribution in [0.2, 0.25) is 0 Å². The van der Waals surface area contributed by atoms with Crippen LogP contribution in [0.3, 0.4) is 0 Å². The summed E-state index contributed by atoms with van der Waals surface area (Å²) in [6.07, 6.45) is 8.52. The molecule has 3 heterocycles. The standard InChI is InChI=1S/C20H28N4O.ClH/c1-2-14-24(15-3-1)18-7-5-17(6-8-18)20-22-19(25-23-20)9-4-16-10-12-21-13-11-16;/h5-8,16,21H,1-4,9-15H2;1H. The molecule has 1 aromatic heterocycles. The van der Waals surface area contributed by atoms with Gasteiger partial charge in [-0.25, -0.2) is 0 Å². The highest BCUT2D eigenvalue weighted by molar-refractivity contribution is 5.85. The van der Waals surface area contributed by atoms with Crippen LogP contribution in [0.1, 0.15) is 44.4 Å². The largest absolute Gasteiger partial charge is 0.372 e. The van der Waals surface area contributed by atoms with Crippen molar-refractivity contribution in [1.82, 2.24) is 15.5 Å². The van der Waals surface area contributed by atoms with Gasteiger partial charge in [-0.1, -0.05) is 5.16 Å². The lowest BCUT2D eigenvalue weighted by Gasteiger charge is -2.28. The zero-order valence-electron chi connectivity index (χ0n) is 15.3. The van der Waals surface area contributed by atoms with E-state index in [1.54, 1.807) is 0 Å².